The van der Waals surface area contributed by atoms with E-state index in [2.05, 4.69) is 38.3 Å². The predicted molar refractivity (Wildman–Crippen MR) is 110 cm³/mol. The molecule has 132 valence electrons. The van der Waals surface area contributed by atoms with Crippen molar-refractivity contribution in [3.05, 3.63) is 64.1 Å². The Kier molecular flexibility index (Phi) is 6.45. The molecule has 1 fully saturated rings. The van der Waals surface area contributed by atoms with Gasteiger partial charge in [-0.15, -0.1) is 0 Å². The fourth-order valence-corrected chi connectivity index (χ4v) is 3.87. The van der Waals surface area contributed by atoms with Crippen LogP contribution in [0.2, 0.25) is 0 Å². The molecule has 1 atom stereocenters. The molecule has 0 bridgehead atoms. The molecular weight excluding hydrogens is 396 g/mol. The Balaban J connectivity index is 1.72. The third-order valence-electron chi connectivity index (χ3n) is 4.62. The summed E-state index contributed by atoms with van der Waals surface area (Å²) in [7, 11) is 1.70. The molecule has 0 unspecified atom stereocenters. The van der Waals surface area contributed by atoms with Gasteiger partial charge in [-0.05, 0) is 55.8 Å². The van der Waals surface area contributed by atoms with Crippen molar-refractivity contribution in [3.63, 3.8) is 0 Å². The van der Waals surface area contributed by atoms with Gasteiger partial charge in [0.2, 0.25) is 0 Å². The highest BCUT2D eigenvalue weighted by Gasteiger charge is 2.23. The number of rotatable bonds is 6. The number of nitrogens with one attached hydrogen (secondary N) is 1. The second-order valence-electron chi connectivity index (χ2n) is 6.25. The zero-order chi connectivity index (χ0) is 17.6. The summed E-state index contributed by atoms with van der Waals surface area (Å²) in [4.78, 5) is 3.33. The lowest BCUT2D eigenvalue weighted by atomic mass is 10.0. The average molecular weight is 419 g/mol. The smallest absolute Gasteiger partial charge is 0.118 e. The van der Waals surface area contributed by atoms with Gasteiger partial charge in [-0.1, -0.05) is 52.4 Å². The molecule has 3 rings (SSSR count). The number of hydrogen-bond donors (Lipinski definition) is 1. The first-order valence-corrected chi connectivity index (χ1v) is 9.79. The van der Waals surface area contributed by atoms with Crippen LogP contribution in [0.1, 0.15) is 30.0 Å². The molecule has 1 heterocycles. The van der Waals surface area contributed by atoms with Crippen LogP contribution in [0.5, 0.6) is 5.75 Å². The number of ether oxygens (including phenoxy) is 1. The maximum Gasteiger partial charge on any atom is 0.118 e. The Bertz CT molecular complexity index is 714. The zero-order valence-corrected chi connectivity index (χ0v) is 16.8. The monoisotopic (exact) mass is 418 g/mol. The first-order chi connectivity index (χ1) is 12.2. The molecule has 5 heteroatoms. The molecule has 0 radical (unpaired) electrons. The number of benzene rings is 2. The number of thiocarbonyl (C=S) groups is 1. The SMILES string of the molecule is COc1ccc([C@@H](CNC(=S)c2cccc(Br)c2)N2CCCC2)cc1. The minimum Gasteiger partial charge on any atom is -0.497 e. The molecule has 0 spiro atoms. The molecule has 3 nitrogen and oxygen atoms in total. The lowest BCUT2D eigenvalue weighted by Crippen LogP contribution is -2.36. The van der Waals surface area contributed by atoms with Crippen molar-refractivity contribution in [2.24, 2.45) is 0 Å². The summed E-state index contributed by atoms with van der Waals surface area (Å²) in [6.07, 6.45) is 2.53. The van der Waals surface area contributed by atoms with Gasteiger partial charge in [0, 0.05) is 16.6 Å². The van der Waals surface area contributed by atoms with Crippen molar-refractivity contribution in [1.82, 2.24) is 10.2 Å². The number of methoxy groups -OCH3 is 1. The largest absolute Gasteiger partial charge is 0.497 e. The van der Waals surface area contributed by atoms with E-state index in [1.54, 1.807) is 7.11 Å². The van der Waals surface area contributed by atoms with Crippen molar-refractivity contribution in [2.45, 2.75) is 18.9 Å². The molecule has 0 aliphatic carbocycles. The van der Waals surface area contributed by atoms with Gasteiger partial charge in [0.15, 0.2) is 0 Å². The van der Waals surface area contributed by atoms with Crippen LogP contribution in [0.3, 0.4) is 0 Å². The molecule has 2 aromatic rings. The van der Waals surface area contributed by atoms with Crippen molar-refractivity contribution >= 4 is 33.1 Å². The lowest BCUT2D eigenvalue weighted by Gasteiger charge is -2.29. The van der Waals surface area contributed by atoms with Crippen LogP contribution < -0.4 is 10.1 Å². The van der Waals surface area contributed by atoms with Crippen LogP contribution >= 0.6 is 28.1 Å². The standard InChI is InChI=1S/C20H23BrN2OS/c1-24-18-9-7-15(8-10-18)19(23-11-2-3-12-23)14-22-20(25)16-5-4-6-17(21)13-16/h4-10,13,19H,2-3,11-12,14H2,1H3,(H,22,25)/t19-/m1/s1. The highest BCUT2D eigenvalue weighted by atomic mass is 79.9. The maximum absolute atomic E-state index is 5.59. The van der Waals surface area contributed by atoms with Gasteiger partial charge >= 0.3 is 0 Å². The molecule has 25 heavy (non-hydrogen) atoms. The molecule has 0 amide bonds. The lowest BCUT2D eigenvalue weighted by molar-refractivity contribution is 0.246. The van der Waals surface area contributed by atoms with Gasteiger partial charge in [0.1, 0.15) is 10.7 Å². The van der Waals surface area contributed by atoms with E-state index in [4.69, 9.17) is 17.0 Å². The Morgan fingerprint density at radius 1 is 1.20 bits per heavy atom. The summed E-state index contributed by atoms with van der Waals surface area (Å²) < 4.78 is 6.33. The van der Waals surface area contributed by atoms with Gasteiger partial charge < -0.3 is 10.1 Å². The minimum atomic E-state index is 0.318. The maximum atomic E-state index is 5.59. The summed E-state index contributed by atoms with van der Waals surface area (Å²) in [5.74, 6) is 0.890. The van der Waals surface area contributed by atoms with Gasteiger partial charge in [-0.3, -0.25) is 4.90 Å². The summed E-state index contributed by atoms with van der Waals surface area (Å²) in [5.41, 5.74) is 2.34. The van der Waals surface area contributed by atoms with E-state index in [0.29, 0.717) is 6.04 Å². The summed E-state index contributed by atoms with van der Waals surface area (Å²) in [6, 6.07) is 16.8. The van der Waals surface area contributed by atoms with Crippen molar-refractivity contribution < 1.29 is 4.74 Å². The average Bonchev–Trinajstić information content (AvgIpc) is 3.16. The molecule has 1 saturated heterocycles. The van der Waals surface area contributed by atoms with Crippen molar-refractivity contribution in [2.75, 3.05) is 26.7 Å². The van der Waals surface area contributed by atoms with Crippen LogP contribution in [-0.2, 0) is 0 Å². The van der Waals surface area contributed by atoms with Gasteiger partial charge in [-0.25, -0.2) is 0 Å². The molecule has 2 aromatic carbocycles. The topological polar surface area (TPSA) is 24.5 Å². The first kappa shape index (κ1) is 18.4. The van der Waals surface area contributed by atoms with Crippen LogP contribution in [0.4, 0.5) is 0 Å². The van der Waals surface area contributed by atoms with Crippen LogP contribution in [-0.4, -0.2) is 36.6 Å². The highest BCUT2D eigenvalue weighted by Crippen LogP contribution is 2.26. The fourth-order valence-electron chi connectivity index (χ4n) is 3.26. The first-order valence-electron chi connectivity index (χ1n) is 8.59. The van der Waals surface area contributed by atoms with E-state index in [-0.39, 0.29) is 0 Å². The third-order valence-corrected chi connectivity index (χ3v) is 5.50. The van der Waals surface area contributed by atoms with E-state index < -0.39 is 0 Å². The fraction of sp³-hybridized carbons (Fsp3) is 0.350. The van der Waals surface area contributed by atoms with Gasteiger partial charge in [0.05, 0.1) is 13.2 Å². The van der Waals surface area contributed by atoms with Gasteiger partial charge in [0.25, 0.3) is 0 Å². The second-order valence-corrected chi connectivity index (χ2v) is 7.58. The van der Waals surface area contributed by atoms with E-state index in [1.807, 2.05) is 36.4 Å². The van der Waals surface area contributed by atoms with E-state index in [0.717, 1.165) is 40.4 Å². The Labute approximate surface area is 163 Å². The Morgan fingerprint density at radius 2 is 1.92 bits per heavy atom. The molecule has 1 aliphatic rings. The predicted octanol–water partition coefficient (Wildman–Crippen LogP) is 4.56. The Morgan fingerprint density at radius 3 is 2.56 bits per heavy atom. The number of nitrogens with zero attached hydrogens (tertiary/aromatic N) is 1. The second kappa shape index (κ2) is 8.79. The van der Waals surface area contributed by atoms with E-state index in [9.17, 15) is 0 Å². The zero-order valence-electron chi connectivity index (χ0n) is 14.4. The van der Waals surface area contributed by atoms with Crippen LogP contribution in [0.25, 0.3) is 0 Å². The van der Waals surface area contributed by atoms with Crippen LogP contribution in [0, 0.1) is 0 Å². The molecule has 1 N–H and O–H groups in total. The normalized spacial score (nSPS) is 15.8. The Hall–Kier alpha value is -1.43. The summed E-state index contributed by atoms with van der Waals surface area (Å²) in [6.45, 7) is 3.09. The van der Waals surface area contributed by atoms with Crippen molar-refractivity contribution in [1.29, 1.82) is 0 Å². The van der Waals surface area contributed by atoms with E-state index in [1.165, 1.54) is 18.4 Å². The molecule has 1 aliphatic heterocycles. The summed E-state index contributed by atoms with van der Waals surface area (Å²) in [5, 5.41) is 3.47. The van der Waals surface area contributed by atoms with Gasteiger partial charge in [-0.2, -0.15) is 0 Å². The van der Waals surface area contributed by atoms with Crippen molar-refractivity contribution in [3.8, 4) is 5.75 Å². The number of hydrogen-bond acceptors (Lipinski definition) is 3. The van der Waals surface area contributed by atoms with E-state index >= 15 is 0 Å². The quantitative estimate of drug-likeness (QED) is 0.694. The third kappa shape index (κ3) is 4.81. The van der Waals surface area contributed by atoms with Crippen LogP contribution in [0.15, 0.2) is 53.0 Å². The number of likely N-dealkylation sites (tertiary alicyclic amines) is 1. The molecular formula is C20H23BrN2OS. The highest BCUT2D eigenvalue weighted by molar-refractivity contribution is 9.10. The number of halogens is 1. The molecule has 0 aromatic heterocycles. The minimum absolute atomic E-state index is 0.318. The summed E-state index contributed by atoms with van der Waals surface area (Å²) >= 11 is 9.10. The molecule has 0 saturated carbocycles.